The summed E-state index contributed by atoms with van der Waals surface area (Å²) < 4.78 is 15.3. The van der Waals surface area contributed by atoms with Crippen molar-refractivity contribution in [3.8, 4) is 0 Å². The average Bonchev–Trinajstić information content (AvgIpc) is 4.46. The van der Waals surface area contributed by atoms with Crippen molar-refractivity contribution in [1.29, 1.82) is 0 Å². The zero-order valence-electron chi connectivity index (χ0n) is 48.0. The van der Waals surface area contributed by atoms with Gasteiger partial charge in [0.25, 0.3) is 19.4 Å². The number of nitrogens with zero attached hydrogens (tertiary/aromatic N) is 4. The van der Waals surface area contributed by atoms with Gasteiger partial charge in [-0.05, 0) is 85.2 Å². The van der Waals surface area contributed by atoms with Crippen molar-refractivity contribution in [2.45, 2.75) is 57.5 Å². The molecule has 0 aromatic heterocycles. The maximum atomic E-state index is 14.3. The fraction of sp³-hybridized carbons (Fsp3) is 0.532. The second-order valence-electron chi connectivity index (χ2n) is 22.3. The zero-order chi connectivity index (χ0) is 60.1. The molecule has 22 heteroatoms. The summed E-state index contributed by atoms with van der Waals surface area (Å²) in [6.07, 6.45) is 18.6. The summed E-state index contributed by atoms with van der Waals surface area (Å²) in [6.45, 7) is 7.72. The third-order valence-electron chi connectivity index (χ3n) is 16.5. The van der Waals surface area contributed by atoms with Crippen molar-refractivity contribution in [2.24, 2.45) is 59.0 Å². The van der Waals surface area contributed by atoms with Gasteiger partial charge in [0.1, 0.15) is 20.1 Å². The van der Waals surface area contributed by atoms with Crippen LogP contribution in [0.5, 0.6) is 0 Å². The molecule has 84 heavy (non-hydrogen) atoms. The van der Waals surface area contributed by atoms with E-state index < -0.39 is 17.9 Å². The monoisotopic (exact) mass is 1160 g/mol. The molecule has 3 aliphatic carbocycles. The van der Waals surface area contributed by atoms with Crippen LogP contribution in [0.4, 0.5) is 0 Å². The molecule has 1 heterocycles. The molecular formula is C62H85N9O13. The number of carbonyl (C=O) groups is 9. The molecule has 2 aromatic carbocycles. The number of allylic oxidation sites excluding steroid dienone is 6. The number of nitrogens with one attached hydrogen (secondary N) is 4. The number of nitrogens with two attached hydrogens (primary N) is 1. The molecule has 10 atom stereocenters. The van der Waals surface area contributed by atoms with Crippen LogP contribution in [0.25, 0.3) is 6.08 Å². The van der Waals surface area contributed by atoms with Crippen molar-refractivity contribution >= 4 is 61.0 Å². The molecule has 4 fully saturated rings. The molecule has 2 aromatic rings. The number of primary amides is 1. The van der Waals surface area contributed by atoms with E-state index in [1.165, 1.54) is 0 Å². The Hall–Kier alpha value is -7.53. The Morgan fingerprint density at radius 1 is 0.583 bits per heavy atom. The second kappa shape index (κ2) is 35.6. The molecule has 0 bridgehead atoms. The first-order valence-corrected chi connectivity index (χ1v) is 29.2. The Morgan fingerprint density at radius 2 is 1.07 bits per heavy atom. The highest BCUT2D eigenvalue weighted by Crippen LogP contribution is 2.44. The number of hydrogen-bond acceptors (Lipinski definition) is 16. The van der Waals surface area contributed by atoms with Crippen LogP contribution >= 0.6 is 0 Å². The van der Waals surface area contributed by atoms with Crippen molar-refractivity contribution in [3.05, 3.63) is 115 Å². The molecule has 1 saturated heterocycles. The predicted octanol–water partition coefficient (Wildman–Crippen LogP) is 2.57. The minimum Gasteiger partial charge on any atom is -0.480 e. The molecule has 10 unspecified atom stereocenters. The molecule has 4 aliphatic rings. The molecule has 7 N–H and O–H groups in total. The van der Waals surface area contributed by atoms with E-state index in [1.54, 1.807) is 11.0 Å². The minimum atomic E-state index is -1.03. The zero-order valence-corrected chi connectivity index (χ0v) is 48.0. The molecule has 456 valence electrons. The van der Waals surface area contributed by atoms with Crippen LogP contribution < -0.4 is 27.0 Å². The van der Waals surface area contributed by atoms with Gasteiger partial charge in [-0.15, -0.1) is 6.58 Å². The fourth-order valence-corrected chi connectivity index (χ4v) is 12.1. The smallest absolute Gasteiger partial charge is 0.317 e. The molecule has 0 spiro atoms. The lowest BCUT2D eigenvalue weighted by atomic mass is 9.92. The first kappa shape index (κ1) is 65.6. The van der Waals surface area contributed by atoms with Gasteiger partial charge in [-0.1, -0.05) is 103 Å². The third kappa shape index (κ3) is 22.2. The summed E-state index contributed by atoms with van der Waals surface area (Å²) in [4.78, 5) is 119. The van der Waals surface area contributed by atoms with Crippen LogP contribution in [0.2, 0.25) is 0 Å². The first-order valence-electron chi connectivity index (χ1n) is 29.2. The van der Waals surface area contributed by atoms with Gasteiger partial charge in [0.15, 0.2) is 0 Å². The van der Waals surface area contributed by atoms with E-state index in [0.717, 1.165) is 17.5 Å². The highest BCUT2D eigenvalue weighted by molar-refractivity contribution is 5.85. The van der Waals surface area contributed by atoms with Crippen molar-refractivity contribution in [3.63, 3.8) is 0 Å². The number of rotatable bonds is 31. The van der Waals surface area contributed by atoms with E-state index in [-0.39, 0.29) is 136 Å². The van der Waals surface area contributed by atoms with Crippen molar-refractivity contribution in [2.75, 3.05) is 98.6 Å². The maximum absolute atomic E-state index is 14.3. The Balaban J connectivity index is 1.11. The molecular weight excluding hydrogens is 1080 g/mol. The average molecular weight is 1160 g/mol. The van der Waals surface area contributed by atoms with E-state index in [2.05, 4.69) is 64.3 Å². The number of hydrogen-bond donors (Lipinski definition) is 6. The van der Waals surface area contributed by atoms with Gasteiger partial charge in [0, 0.05) is 96.2 Å². The minimum absolute atomic E-state index is 0.00878. The van der Waals surface area contributed by atoms with Crippen molar-refractivity contribution < 1.29 is 62.5 Å². The fourth-order valence-electron chi connectivity index (χ4n) is 12.1. The quantitative estimate of drug-likeness (QED) is 0.0274. The van der Waals surface area contributed by atoms with Gasteiger partial charge in [-0.2, -0.15) is 0 Å². The van der Waals surface area contributed by atoms with Crippen LogP contribution in [0, 0.1) is 53.3 Å². The predicted molar refractivity (Wildman–Crippen MR) is 313 cm³/mol. The molecule has 6 rings (SSSR count). The number of carbonyl (C=O) groups excluding carboxylic acids is 8. The molecule has 22 nitrogen and oxygen atoms in total. The van der Waals surface area contributed by atoms with Crippen LogP contribution in [0.3, 0.4) is 0 Å². The topological polar surface area (TPSA) is 289 Å². The number of aliphatic carboxylic acids is 1. The summed E-state index contributed by atoms with van der Waals surface area (Å²) in [5.74, 6) is -3.46. The highest BCUT2D eigenvalue weighted by Gasteiger charge is 2.40. The van der Waals surface area contributed by atoms with Gasteiger partial charge in [0.05, 0.1) is 19.1 Å². The highest BCUT2D eigenvalue weighted by atomic mass is 16.5. The lowest BCUT2D eigenvalue weighted by Crippen LogP contribution is -2.51. The van der Waals surface area contributed by atoms with Gasteiger partial charge >= 0.3 is 5.97 Å². The number of carboxylic acids is 1. The summed E-state index contributed by atoms with van der Waals surface area (Å²) in [5, 5.41) is 21.6. The van der Waals surface area contributed by atoms with Gasteiger partial charge in [-0.25, -0.2) is 0 Å². The second-order valence-corrected chi connectivity index (χ2v) is 22.3. The molecule has 5 amide bonds. The van der Waals surface area contributed by atoms with E-state index in [0.29, 0.717) is 104 Å². The maximum Gasteiger partial charge on any atom is 0.317 e. The molecule has 0 radical (unpaired) electrons. The lowest BCUT2D eigenvalue weighted by molar-refractivity contribution is -0.139. The normalized spacial score (nSPS) is 25.2. The van der Waals surface area contributed by atoms with Crippen LogP contribution in [-0.2, 0) is 63.9 Å². The summed E-state index contributed by atoms with van der Waals surface area (Å²) in [7, 11) is 0. The Labute approximate surface area is 492 Å². The third-order valence-corrected chi connectivity index (χ3v) is 16.5. The van der Waals surface area contributed by atoms with Crippen LogP contribution in [-0.4, -0.2) is 184 Å². The van der Waals surface area contributed by atoms with E-state index in [4.69, 9.17) is 19.9 Å². The molecule has 3 saturated carbocycles. The van der Waals surface area contributed by atoms with Crippen LogP contribution in [0.1, 0.15) is 56.1 Å². The van der Waals surface area contributed by atoms with Gasteiger partial charge in [-0.3, -0.25) is 62.8 Å². The Morgan fingerprint density at radius 3 is 1.63 bits per heavy atom. The number of amides is 5. The van der Waals surface area contributed by atoms with Crippen LogP contribution in [0.15, 0.2) is 104 Å². The lowest BCUT2D eigenvalue weighted by Gasteiger charge is -2.36. The Kier molecular flexibility index (Phi) is 27.8. The summed E-state index contributed by atoms with van der Waals surface area (Å²) in [5.41, 5.74) is 7.34. The van der Waals surface area contributed by atoms with E-state index >= 15 is 0 Å². The summed E-state index contributed by atoms with van der Waals surface area (Å²) >= 11 is 0. The SMILES string of the molecule is C=CC1CC(/C=C\C2CC(/C=C\C3CC(/C=C/c4ccccc4)CC3C(=O)NCCNC(=O)CC(COC=O)N3CCN(COC=O)CCN(COC=O)CCN(CC(=O)O)CC3)CC2C(=O)NCc2ccccc2)CC1C(=O)NCC(N)=O. The van der Waals surface area contributed by atoms with E-state index in [9.17, 15) is 48.3 Å². The van der Waals surface area contributed by atoms with E-state index in [1.807, 2.05) is 75.4 Å². The number of carboxylic acid groups (broad SMARTS) is 1. The standard InChI is InChI=1S/C62H85N9O13/c1-2-50-29-48(32-54(50)61(80)67-37-57(63)75)15-17-52-31-49(34-56(52)62(81)66-36-46-11-7-4-8-12-46)16-18-51-30-47(14-13-45-9-5-3-6-10-45)33-55(51)60(79)65-20-19-64-58(76)35-53(39-82-42-72)71-27-25-68(38-59(77)78)21-22-69(40-83-43-73)23-24-70(26-28-71)41-84-44-74/h2-18,42-44,47-56H,1,19-41H2,(H2,63,75)(H,64,76)(H,65,79)(H,66,81)(H,67,80)(H,77,78)/b14-13+,17-15-,18-16-. The largest absolute Gasteiger partial charge is 0.480 e. The summed E-state index contributed by atoms with van der Waals surface area (Å²) in [6, 6.07) is 19.1. The number of ether oxygens (including phenoxy) is 3. The van der Waals surface area contributed by atoms with Gasteiger partial charge < -0.3 is 46.3 Å². The Bertz CT molecular complexity index is 2550. The van der Waals surface area contributed by atoms with Crippen molar-refractivity contribution in [1.82, 2.24) is 40.9 Å². The van der Waals surface area contributed by atoms with Gasteiger partial charge in [0.2, 0.25) is 29.5 Å². The number of benzene rings is 2. The molecule has 1 aliphatic heterocycles. The first-order chi connectivity index (χ1) is 40.7.